The van der Waals surface area contributed by atoms with Crippen LogP contribution in [-0.2, 0) is 24.3 Å². The van der Waals surface area contributed by atoms with Crippen molar-refractivity contribution in [1.29, 1.82) is 0 Å². The van der Waals surface area contributed by atoms with Crippen LogP contribution in [-0.4, -0.2) is 74.7 Å². The molecule has 0 bridgehead atoms. The summed E-state index contributed by atoms with van der Waals surface area (Å²) in [7, 11) is -4.05. The normalized spacial score (nSPS) is 27.3. The lowest BCUT2D eigenvalue weighted by molar-refractivity contribution is -0.366. The van der Waals surface area contributed by atoms with Crippen LogP contribution in [0, 0.1) is 0 Å². The second-order valence-electron chi connectivity index (χ2n) is 6.93. The first-order valence-electron chi connectivity index (χ1n) is 8.81. The minimum Gasteiger partial charge on any atom is -0.379 e. The van der Waals surface area contributed by atoms with Gasteiger partial charge in [-0.1, -0.05) is 0 Å². The number of rotatable bonds is 5. The number of hydrogen-bond donors (Lipinski definition) is 1. The molecule has 7 nitrogen and oxygen atoms in total. The van der Waals surface area contributed by atoms with E-state index in [1.807, 2.05) is 0 Å². The van der Waals surface area contributed by atoms with Crippen molar-refractivity contribution >= 4 is 21.6 Å². The molecule has 0 aromatic heterocycles. The first-order valence-corrected chi connectivity index (χ1v) is 10.3. The summed E-state index contributed by atoms with van der Waals surface area (Å²) in [6, 6.07) is 3.02. The number of anilines is 1. The SMILES string of the molecule is O=C(Nc1ccc(S(=O)(=O)N2CCOCC2)cc1)C(F)(F)C1(F)OC(F)(F)C(F)(F)C1(F)F. The van der Waals surface area contributed by atoms with E-state index in [2.05, 4.69) is 4.74 Å². The maximum Gasteiger partial charge on any atom is 0.428 e. The molecule has 1 N–H and O–H groups in total. The summed E-state index contributed by atoms with van der Waals surface area (Å²) >= 11 is 0. The molecule has 2 fully saturated rings. The summed E-state index contributed by atoms with van der Waals surface area (Å²) in [5, 5.41) is 1.17. The highest BCUT2D eigenvalue weighted by atomic mass is 32.2. The number of alkyl halides is 9. The van der Waals surface area contributed by atoms with Crippen molar-refractivity contribution in [3.63, 3.8) is 0 Å². The third kappa shape index (κ3) is 3.64. The zero-order valence-corrected chi connectivity index (χ0v) is 16.8. The first kappa shape index (κ1) is 25.5. The Bertz CT molecular complexity index is 1030. The second kappa shape index (κ2) is 7.71. The number of hydrogen-bond acceptors (Lipinski definition) is 5. The topological polar surface area (TPSA) is 84.9 Å². The molecule has 2 aliphatic rings. The van der Waals surface area contributed by atoms with Gasteiger partial charge in [0.2, 0.25) is 10.0 Å². The van der Waals surface area contributed by atoms with Crippen molar-refractivity contribution < 1.29 is 62.2 Å². The van der Waals surface area contributed by atoms with Crippen LogP contribution in [0.3, 0.4) is 0 Å². The standard InChI is InChI=1S/C16H13F9N2O5S/c17-12(18,15(23)13(19,20)14(21,22)16(24,25)32-15)11(28)26-9-1-3-10(4-2-9)33(29,30)27-5-7-31-8-6-27/h1-4H,5-8H2,(H,26,28). The van der Waals surface area contributed by atoms with Crippen LogP contribution in [0.25, 0.3) is 0 Å². The molecular formula is C16H13F9N2O5S. The minimum absolute atomic E-state index is 0.00903. The van der Waals surface area contributed by atoms with Gasteiger partial charge in [0.25, 0.3) is 0 Å². The number of nitrogens with zero attached hydrogens (tertiary/aromatic N) is 1. The Morgan fingerprint density at radius 3 is 1.91 bits per heavy atom. The Kier molecular flexibility index (Phi) is 5.96. The van der Waals surface area contributed by atoms with Crippen molar-refractivity contribution in [1.82, 2.24) is 4.31 Å². The van der Waals surface area contributed by atoms with E-state index >= 15 is 0 Å². The molecule has 1 atom stereocenters. The second-order valence-corrected chi connectivity index (χ2v) is 8.87. The van der Waals surface area contributed by atoms with Gasteiger partial charge < -0.3 is 10.1 Å². The molecule has 33 heavy (non-hydrogen) atoms. The van der Waals surface area contributed by atoms with Crippen LogP contribution in [0.2, 0.25) is 0 Å². The average molecular weight is 516 g/mol. The highest BCUT2D eigenvalue weighted by Gasteiger charge is 2.96. The van der Waals surface area contributed by atoms with Crippen molar-refractivity contribution in [2.24, 2.45) is 0 Å². The van der Waals surface area contributed by atoms with Gasteiger partial charge in [-0.3, -0.25) is 9.53 Å². The van der Waals surface area contributed by atoms with E-state index in [9.17, 15) is 52.7 Å². The zero-order valence-electron chi connectivity index (χ0n) is 15.9. The van der Waals surface area contributed by atoms with Crippen LogP contribution in [0.4, 0.5) is 45.2 Å². The predicted molar refractivity (Wildman–Crippen MR) is 89.4 cm³/mol. The van der Waals surface area contributed by atoms with E-state index < -0.39 is 51.3 Å². The summed E-state index contributed by atoms with van der Waals surface area (Å²) in [6.07, 6.45) is -6.36. The van der Waals surface area contributed by atoms with Gasteiger partial charge in [-0.25, -0.2) is 8.42 Å². The van der Waals surface area contributed by atoms with E-state index in [1.54, 1.807) is 0 Å². The largest absolute Gasteiger partial charge is 0.428 e. The molecular weight excluding hydrogens is 503 g/mol. The molecule has 0 radical (unpaired) electrons. The molecule has 0 aliphatic carbocycles. The molecule has 0 spiro atoms. The van der Waals surface area contributed by atoms with Crippen LogP contribution >= 0.6 is 0 Å². The molecule has 1 amide bonds. The molecule has 2 aliphatic heterocycles. The fraction of sp³-hybridized carbons (Fsp3) is 0.562. The van der Waals surface area contributed by atoms with E-state index in [-0.39, 0.29) is 31.2 Å². The monoisotopic (exact) mass is 516 g/mol. The molecule has 1 unspecified atom stereocenters. The maximum atomic E-state index is 14.2. The molecule has 0 saturated carbocycles. The number of morpholine rings is 1. The van der Waals surface area contributed by atoms with Gasteiger partial charge in [0.05, 0.1) is 18.1 Å². The molecule has 3 rings (SSSR count). The van der Waals surface area contributed by atoms with E-state index in [0.29, 0.717) is 12.1 Å². The molecule has 2 heterocycles. The Morgan fingerprint density at radius 2 is 1.45 bits per heavy atom. The molecule has 1 aromatic rings. The number of nitrogens with one attached hydrogen (secondary N) is 1. The van der Waals surface area contributed by atoms with Crippen molar-refractivity contribution in [3.05, 3.63) is 24.3 Å². The maximum absolute atomic E-state index is 14.2. The average Bonchev–Trinajstić information content (AvgIpc) is 2.83. The summed E-state index contributed by atoms with van der Waals surface area (Å²) in [5.41, 5.74) is -0.718. The third-order valence-corrected chi connectivity index (χ3v) is 6.75. The number of ether oxygens (including phenoxy) is 2. The summed E-state index contributed by atoms with van der Waals surface area (Å²) in [5.74, 6) is -29.2. The van der Waals surface area contributed by atoms with Gasteiger partial charge in [0, 0.05) is 18.8 Å². The summed E-state index contributed by atoms with van der Waals surface area (Å²) in [6.45, 7) is 0.237. The first-order chi connectivity index (χ1) is 14.9. The zero-order chi connectivity index (χ0) is 25.1. The van der Waals surface area contributed by atoms with Crippen LogP contribution in [0.15, 0.2) is 29.2 Å². The fourth-order valence-electron chi connectivity index (χ4n) is 2.95. The number of carbonyl (C=O) groups is 1. The Hall–Kier alpha value is -2.11. The third-order valence-electron chi connectivity index (χ3n) is 4.84. The predicted octanol–water partition coefficient (Wildman–Crippen LogP) is 2.84. The lowest BCUT2D eigenvalue weighted by atomic mass is 9.99. The van der Waals surface area contributed by atoms with Gasteiger partial charge in [-0.2, -0.15) is 43.8 Å². The van der Waals surface area contributed by atoms with Crippen LogP contribution < -0.4 is 5.32 Å². The highest BCUT2D eigenvalue weighted by molar-refractivity contribution is 7.89. The Balaban J connectivity index is 1.82. The number of halogens is 9. The Morgan fingerprint density at radius 1 is 0.939 bits per heavy atom. The lowest BCUT2D eigenvalue weighted by Gasteiger charge is -2.31. The summed E-state index contributed by atoms with van der Waals surface area (Å²) in [4.78, 5) is 11.3. The van der Waals surface area contributed by atoms with Crippen LogP contribution in [0.1, 0.15) is 0 Å². The number of sulfonamides is 1. The van der Waals surface area contributed by atoms with Gasteiger partial charge in [-0.05, 0) is 24.3 Å². The lowest BCUT2D eigenvalue weighted by Crippen LogP contribution is -2.63. The Labute approximate surface area is 179 Å². The van der Waals surface area contributed by atoms with E-state index in [4.69, 9.17) is 4.74 Å². The molecule has 2 saturated heterocycles. The van der Waals surface area contributed by atoms with E-state index in [1.165, 1.54) is 5.32 Å². The van der Waals surface area contributed by atoms with E-state index in [0.717, 1.165) is 16.4 Å². The van der Waals surface area contributed by atoms with Gasteiger partial charge in [0.15, 0.2) is 0 Å². The van der Waals surface area contributed by atoms with Crippen molar-refractivity contribution in [2.45, 2.75) is 34.6 Å². The quantitative estimate of drug-likeness (QED) is 0.609. The number of carbonyl (C=O) groups excluding carboxylic acids is 1. The number of amides is 1. The van der Waals surface area contributed by atoms with Crippen LogP contribution in [0.5, 0.6) is 0 Å². The smallest absolute Gasteiger partial charge is 0.379 e. The van der Waals surface area contributed by atoms with Crippen molar-refractivity contribution in [3.8, 4) is 0 Å². The van der Waals surface area contributed by atoms with Gasteiger partial charge >= 0.3 is 35.6 Å². The van der Waals surface area contributed by atoms with Crippen molar-refractivity contribution in [2.75, 3.05) is 31.6 Å². The fourth-order valence-corrected chi connectivity index (χ4v) is 4.36. The van der Waals surface area contributed by atoms with Gasteiger partial charge in [0.1, 0.15) is 0 Å². The molecule has 1 aromatic carbocycles. The molecule has 17 heteroatoms. The highest BCUT2D eigenvalue weighted by Crippen LogP contribution is 2.64. The molecule has 186 valence electrons. The minimum atomic E-state index is -6.81. The van der Waals surface area contributed by atoms with Gasteiger partial charge in [-0.15, -0.1) is 0 Å². The number of benzene rings is 1. The summed E-state index contributed by atoms with van der Waals surface area (Å²) < 4.78 is 155.